The zero-order chi connectivity index (χ0) is 20.0. The molecule has 1 aromatic carbocycles. The van der Waals surface area contributed by atoms with Crippen LogP contribution in [0.15, 0.2) is 53.4 Å². The molecule has 5 rings (SSSR count). The van der Waals surface area contributed by atoms with E-state index in [0.29, 0.717) is 28.3 Å². The summed E-state index contributed by atoms with van der Waals surface area (Å²) in [6.45, 7) is 0. The molecule has 0 saturated heterocycles. The fourth-order valence-corrected chi connectivity index (χ4v) is 3.13. The van der Waals surface area contributed by atoms with Crippen LogP contribution < -0.4 is 4.74 Å². The van der Waals surface area contributed by atoms with Gasteiger partial charge in [-0.3, -0.25) is 14.0 Å². The van der Waals surface area contributed by atoms with Crippen LogP contribution in [0.3, 0.4) is 0 Å². The number of methoxy groups -OCH3 is 1. The third-order valence-corrected chi connectivity index (χ3v) is 4.47. The normalized spacial score (nSPS) is 11.3. The lowest BCUT2D eigenvalue weighted by Crippen LogP contribution is -1.94. The summed E-state index contributed by atoms with van der Waals surface area (Å²) in [6.07, 6.45) is 4.96. The third-order valence-electron chi connectivity index (χ3n) is 4.47. The van der Waals surface area contributed by atoms with Crippen LogP contribution in [0.4, 0.5) is 8.78 Å². The van der Waals surface area contributed by atoms with Crippen molar-refractivity contribution in [2.45, 2.75) is 0 Å². The summed E-state index contributed by atoms with van der Waals surface area (Å²) in [4.78, 5) is 8.44. The second-order valence-electron chi connectivity index (χ2n) is 6.12. The van der Waals surface area contributed by atoms with E-state index >= 15 is 0 Å². The molecular weight excluding hydrogens is 382 g/mol. The quantitative estimate of drug-likeness (QED) is 0.499. The number of H-pyrrole nitrogens is 1. The Hall–Kier alpha value is -4.08. The Labute approximate surface area is 161 Å². The molecule has 0 aliphatic carbocycles. The Kier molecular flexibility index (Phi) is 3.83. The van der Waals surface area contributed by atoms with Gasteiger partial charge in [0.25, 0.3) is 0 Å². The molecule has 10 heteroatoms. The van der Waals surface area contributed by atoms with Crippen LogP contribution >= 0.6 is 0 Å². The van der Waals surface area contributed by atoms with Crippen molar-refractivity contribution in [3.8, 4) is 40.0 Å². The minimum atomic E-state index is -0.693. The Morgan fingerprint density at radius 3 is 2.72 bits per heavy atom. The van der Waals surface area contributed by atoms with E-state index in [-0.39, 0.29) is 17.3 Å². The molecule has 0 atom stereocenters. The number of hydrogen-bond acceptors (Lipinski definition) is 6. The highest BCUT2D eigenvalue weighted by atomic mass is 19.1. The molecule has 5 aromatic rings. The van der Waals surface area contributed by atoms with Crippen molar-refractivity contribution in [3.05, 3.63) is 60.6 Å². The lowest BCUT2D eigenvalue weighted by Gasteiger charge is -2.07. The van der Waals surface area contributed by atoms with Crippen molar-refractivity contribution >= 4 is 5.65 Å². The molecule has 0 spiro atoms. The highest BCUT2D eigenvalue weighted by molar-refractivity contribution is 5.81. The molecule has 4 heterocycles. The molecule has 0 saturated carbocycles. The average molecular weight is 394 g/mol. The largest absolute Gasteiger partial charge is 0.452 e. The van der Waals surface area contributed by atoms with Gasteiger partial charge in [-0.05, 0) is 24.3 Å². The van der Waals surface area contributed by atoms with Gasteiger partial charge in [0.2, 0.25) is 5.82 Å². The third kappa shape index (κ3) is 2.73. The molecular formula is C19H12F2N6O2. The van der Waals surface area contributed by atoms with E-state index in [1.807, 2.05) is 0 Å². The summed E-state index contributed by atoms with van der Waals surface area (Å²) in [5.41, 5.74) is 2.37. The molecule has 0 unspecified atom stereocenters. The highest BCUT2D eigenvalue weighted by Gasteiger charge is 2.20. The molecule has 0 aliphatic rings. The summed E-state index contributed by atoms with van der Waals surface area (Å²) in [7, 11) is 1.42. The number of nitrogens with one attached hydrogen (secondary N) is 1. The number of nitrogens with zero attached hydrogens (tertiary/aromatic N) is 5. The van der Waals surface area contributed by atoms with Crippen molar-refractivity contribution < 1.29 is 18.0 Å². The summed E-state index contributed by atoms with van der Waals surface area (Å²) in [6, 6.07) is 7.25. The van der Waals surface area contributed by atoms with E-state index in [4.69, 9.17) is 9.26 Å². The van der Waals surface area contributed by atoms with Crippen LogP contribution in [0.2, 0.25) is 0 Å². The average Bonchev–Trinajstić information content (AvgIpc) is 3.46. The van der Waals surface area contributed by atoms with Gasteiger partial charge < -0.3 is 4.74 Å². The molecule has 0 fully saturated rings. The van der Waals surface area contributed by atoms with E-state index in [1.54, 1.807) is 35.1 Å². The zero-order valence-corrected chi connectivity index (χ0v) is 14.9. The van der Waals surface area contributed by atoms with Crippen LogP contribution in [0, 0.1) is 11.6 Å². The Morgan fingerprint density at radius 2 is 1.97 bits per heavy atom. The Morgan fingerprint density at radius 1 is 1.14 bits per heavy atom. The minimum Gasteiger partial charge on any atom is -0.452 e. The van der Waals surface area contributed by atoms with Crippen molar-refractivity contribution in [1.82, 2.24) is 29.7 Å². The lowest BCUT2D eigenvalue weighted by molar-refractivity contribution is 0.250. The molecule has 0 bridgehead atoms. The monoisotopic (exact) mass is 394 g/mol. The SMILES string of the molecule is COc1nc(-c2cnc3ccc(-c4c[nH]nc4-c4c(F)cccc4F)cn23)no1. The fraction of sp³-hybridized carbons (Fsp3) is 0.0526. The number of halogens is 2. The van der Waals surface area contributed by atoms with E-state index < -0.39 is 11.6 Å². The maximum Gasteiger partial charge on any atom is 0.417 e. The number of imidazole rings is 1. The number of benzene rings is 1. The number of pyridine rings is 1. The molecule has 8 nitrogen and oxygen atoms in total. The van der Waals surface area contributed by atoms with Crippen LogP contribution in [0.5, 0.6) is 6.08 Å². The van der Waals surface area contributed by atoms with Crippen LogP contribution in [0.1, 0.15) is 0 Å². The van der Waals surface area contributed by atoms with Gasteiger partial charge in [0.15, 0.2) is 0 Å². The van der Waals surface area contributed by atoms with Gasteiger partial charge in [-0.25, -0.2) is 13.8 Å². The molecule has 29 heavy (non-hydrogen) atoms. The second-order valence-corrected chi connectivity index (χ2v) is 6.12. The molecule has 4 aromatic heterocycles. The minimum absolute atomic E-state index is 0.0262. The van der Waals surface area contributed by atoms with Crippen LogP contribution in [-0.4, -0.2) is 36.8 Å². The van der Waals surface area contributed by atoms with E-state index in [0.717, 1.165) is 0 Å². The Balaban J connectivity index is 1.66. The Bertz CT molecular complexity index is 1320. The first-order valence-electron chi connectivity index (χ1n) is 8.49. The molecule has 144 valence electrons. The number of hydrogen-bond donors (Lipinski definition) is 1. The van der Waals surface area contributed by atoms with Crippen molar-refractivity contribution in [2.24, 2.45) is 0 Å². The first-order valence-corrected chi connectivity index (χ1v) is 8.49. The standard InChI is InChI=1S/C19H12F2N6O2/c1-28-19-24-18(26-29-19)14-8-22-15-6-5-10(9-27(14)15)11-7-23-25-17(11)16-12(20)3-2-4-13(16)21/h2-9H,1H3,(H,23,25). The smallest absolute Gasteiger partial charge is 0.417 e. The van der Waals surface area contributed by atoms with Gasteiger partial charge in [0.1, 0.15) is 28.7 Å². The van der Waals surface area contributed by atoms with E-state index in [9.17, 15) is 8.78 Å². The van der Waals surface area contributed by atoms with Gasteiger partial charge in [0, 0.05) is 23.5 Å². The van der Waals surface area contributed by atoms with Crippen LogP contribution in [0.25, 0.3) is 39.5 Å². The number of rotatable bonds is 4. The molecule has 0 radical (unpaired) electrons. The zero-order valence-electron chi connectivity index (χ0n) is 14.9. The lowest BCUT2D eigenvalue weighted by atomic mass is 10.0. The van der Waals surface area contributed by atoms with E-state index in [1.165, 1.54) is 25.3 Å². The summed E-state index contributed by atoms with van der Waals surface area (Å²) < 4.78 is 40.2. The maximum atomic E-state index is 14.3. The topological polar surface area (TPSA) is 94.1 Å². The van der Waals surface area contributed by atoms with E-state index in [2.05, 4.69) is 25.3 Å². The summed E-state index contributed by atoms with van der Waals surface area (Å²) in [5, 5.41) is 10.6. The van der Waals surface area contributed by atoms with Gasteiger partial charge in [-0.1, -0.05) is 11.2 Å². The second kappa shape index (κ2) is 6.51. The predicted octanol–water partition coefficient (Wildman–Crippen LogP) is 3.73. The van der Waals surface area contributed by atoms with Gasteiger partial charge in [0.05, 0.1) is 18.9 Å². The summed E-state index contributed by atoms with van der Waals surface area (Å²) in [5.74, 6) is -1.10. The number of aromatic amines is 1. The fourth-order valence-electron chi connectivity index (χ4n) is 3.13. The van der Waals surface area contributed by atoms with Gasteiger partial charge >= 0.3 is 6.08 Å². The number of ether oxygens (including phenoxy) is 1. The van der Waals surface area contributed by atoms with Crippen molar-refractivity contribution in [2.75, 3.05) is 7.11 Å². The first-order chi connectivity index (χ1) is 14.2. The predicted molar refractivity (Wildman–Crippen MR) is 98.0 cm³/mol. The summed E-state index contributed by atoms with van der Waals surface area (Å²) >= 11 is 0. The first kappa shape index (κ1) is 17.0. The molecule has 1 N–H and O–H groups in total. The van der Waals surface area contributed by atoms with Crippen molar-refractivity contribution in [3.63, 3.8) is 0 Å². The van der Waals surface area contributed by atoms with Gasteiger partial charge in [-0.2, -0.15) is 10.1 Å². The van der Waals surface area contributed by atoms with Crippen LogP contribution in [-0.2, 0) is 0 Å². The molecule has 0 aliphatic heterocycles. The van der Waals surface area contributed by atoms with Gasteiger partial charge in [-0.15, -0.1) is 0 Å². The van der Waals surface area contributed by atoms with Crippen molar-refractivity contribution in [1.29, 1.82) is 0 Å². The highest BCUT2D eigenvalue weighted by Crippen LogP contribution is 2.34. The molecule has 0 amide bonds. The number of aromatic nitrogens is 6. The number of fused-ring (bicyclic) bond motifs is 1. The maximum absolute atomic E-state index is 14.3.